The van der Waals surface area contributed by atoms with Gasteiger partial charge in [-0.15, -0.1) is 0 Å². The zero-order valence-electron chi connectivity index (χ0n) is 13.8. The molecule has 0 spiro atoms. The summed E-state index contributed by atoms with van der Waals surface area (Å²) in [6.45, 7) is 2.70. The highest BCUT2D eigenvalue weighted by molar-refractivity contribution is 6.04. The second kappa shape index (κ2) is 6.74. The van der Waals surface area contributed by atoms with Gasteiger partial charge in [0.1, 0.15) is 11.8 Å². The number of carbonyl (C=O) groups excluding carboxylic acids is 2. The fourth-order valence-corrected chi connectivity index (χ4v) is 2.99. The number of methoxy groups -OCH3 is 1. The predicted molar refractivity (Wildman–Crippen MR) is 92.3 cm³/mol. The molecule has 1 saturated heterocycles. The third kappa shape index (κ3) is 2.85. The maximum Gasteiger partial charge on any atom is 0.254 e. The summed E-state index contributed by atoms with van der Waals surface area (Å²) in [6.07, 6.45) is 0. The van der Waals surface area contributed by atoms with Gasteiger partial charge in [-0.3, -0.25) is 9.59 Å². The molecule has 0 N–H and O–H groups in total. The van der Waals surface area contributed by atoms with Crippen LogP contribution in [0.2, 0.25) is 0 Å². The van der Waals surface area contributed by atoms with Crippen molar-refractivity contribution < 1.29 is 14.3 Å². The second-order valence-corrected chi connectivity index (χ2v) is 5.70. The van der Waals surface area contributed by atoms with Crippen molar-refractivity contribution in [3.63, 3.8) is 0 Å². The van der Waals surface area contributed by atoms with E-state index in [4.69, 9.17) is 4.74 Å². The predicted octanol–water partition coefficient (Wildman–Crippen LogP) is 2.57. The van der Waals surface area contributed by atoms with Crippen LogP contribution in [0.1, 0.15) is 17.3 Å². The van der Waals surface area contributed by atoms with Gasteiger partial charge in [-0.05, 0) is 31.2 Å². The van der Waals surface area contributed by atoms with Crippen molar-refractivity contribution in [2.45, 2.75) is 13.0 Å². The van der Waals surface area contributed by atoms with E-state index in [0.29, 0.717) is 24.4 Å². The highest BCUT2D eigenvalue weighted by Crippen LogP contribution is 2.30. The molecule has 24 heavy (non-hydrogen) atoms. The molecule has 0 unspecified atom stereocenters. The Labute approximate surface area is 141 Å². The van der Waals surface area contributed by atoms with Gasteiger partial charge >= 0.3 is 0 Å². The first-order valence-electron chi connectivity index (χ1n) is 7.94. The lowest BCUT2D eigenvalue weighted by Gasteiger charge is -2.39. The Hall–Kier alpha value is -2.82. The molecule has 0 saturated carbocycles. The molecule has 124 valence electrons. The van der Waals surface area contributed by atoms with E-state index in [1.54, 1.807) is 36.0 Å². The fourth-order valence-electron chi connectivity index (χ4n) is 2.99. The van der Waals surface area contributed by atoms with E-state index in [-0.39, 0.29) is 11.8 Å². The smallest absolute Gasteiger partial charge is 0.254 e. The maximum absolute atomic E-state index is 12.8. The Morgan fingerprint density at radius 1 is 1.04 bits per heavy atom. The molecule has 2 aromatic carbocycles. The molecule has 5 heteroatoms. The van der Waals surface area contributed by atoms with Gasteiger partial charge in [0, 0.05) is 18.7 Å². The van der Waals surface area contributed by atoms with E-state index in [1.165, 1.54) is 0 Å². The van der Waals surface area contributed by atoms with Crippen LogP contribution >= 0.6 is 0 Å². The average Bonchev–Trinajstić information content (AvgIpc) is 2.64. The highest BCUT2D eigenvalue weighted by Gasteiger charge is 2.36. The number of carbonyl (C=O) groups is 2. The summed E-state index contributed by atoms with van der Waals surface area (Å²) < 4.78 is 5.35. The second-order valence-electron chi connectivity index (χ2n) is 5.70. The molecular formula is C19H20N2O3. The Kier molecular flexibility index (Phi) is 4.51. The van der Waals surface area contributed by atoms with Gasteiger partial charge in [0.15, 0.2) is 0 Å². The van der Waals surface area contributed by atoms with Gasteiger partial charge < -0.3 is 14.5 Å². The Morgan fingerprint density at radius 3 is 2.42 bits per heavy atom. The summed E-state index contributed by atoms with van der Waals surface area (Å²) in [4.78, 5) is 28.8. The molecule has 5 nitrogen and oxygen atoms in total. The summed E-state index contributed by atoms with van der Waals surface area (Å²) in [5, 5.41) is 0. The Balaban J connectivity index is 1.83. The number of ether oxygens (including phenoxy) is 1. The third-order valence-corrected chi connectivity index (χ3v) is 4.31. The number of amides is 2. The van der Waals surface area contributed by atoms with Gasteiger partial charge in [0.25, 0.3) is 5.91 Å². The Morgan fingerprint density at radius 2 is 1.71 bits per heavy atom. The van der Waals surface area contributed by atoms with Crippen LogP contribution in [-0.4, -0.2) is 43.0 Å². The van der Waals surface area contributed by atoms with E-state index in [2.05, 4.69) is 0 Å². The molecule has 1 aliphatic rings. The van der Waals surface area contributed by atoms with Crippen LogP contribution < -0.4 is 9.64 Å². The SMILES string of the molecule is COc1ccccc1N1CCN(C(=O)c2ccccc2)[C@@H](C)C1=O. The fraction of sp³-hybridized carbons (Fsp3) is 0.263. The number of rotatable bonds is 3. The van der Waals surface area contributed by atoms with Crippen LogP contribution in [0.25, 0.3) is 0 Å². The van der Waals surface area contributed by atoms with Gasteiger partial charge in [-0.25, -0.2) is 0 Å². The first-order chi connectivity index (χ1) is 11.6. The lowest BCUT2D eigenvalue weighted by molar-refractivity contribution is -0.124. The quantitative estimate of drug-likeness (QED) is 0.872. The minimum atomic E-state index is -0.517. The molecule has 0 aliphatic carbocycles. The zero-order chi connectivity index (χ0) is 17.1. The van der Waals surface area contributed by atoms with Crippen LogP contribution in [0.4, 0.5) is 5.69 Å². The maximum atomic E-state index is 12.8. The normalized spacial score (nSPS) is 17.8. The molecule has 2 amide bonds. The molecule has 1 aliphatic heterocycles. The summed E-state index contributed by atoms with van der Waals surface area (Å²) in [6, 6.07) is 16.0. The van der Waals surface area contributed by atoms with Gasteiger partial charge in [0.05, 0.1) is 12.8 Å². The number of para-hydroxylation sites is 2. The molecule has 1 atom stereocenters. The number of nitrogens with zero attached hydrogens (tertiary/aromatic N) is 2. The first kappa shape index (κ1) is 16.1. The molecule has 0 aromatic heterocycles. The molecule has 2 aromatic rings. The van der Waals surface area contributed by atoms with Crippen molar-refractivity contribution in [3.05, 3.63) is 60.2 Å². The summed E-state index contributed by atoms with van der Waals surface area (Å²) >= 11 is 0. The van der Waals surface area contributed by atoms with E-state index < -0.39 is 6.04 Å². The van der Waals surface area contributed by atoms with Crippen molar-refractivity contribution in [1.29, 1.82) is 0 Å². The topological polar surface area (TPSA) is 49.9 Å². The zero-order valence-corrected chi connectivity index (χ0v) is 13.8. The molecule has 0 bridgehead atoms. The van der Waals surface area contributed by atoms with E-state index in [1.807, 2.05) is 42.5 Å². The standard InChI is InChI=1S/C19H20N2O3/c1-14-18(22)21(16-10-6-7-11-17(16)24-2)13-12-20(14)19(23)15-8-4-3-5-9-15/h3-11,14H,12-13H2,1-2H3/t14-/m0/s1. The Bertz CT molecular complexity index is 745. The first-order valence-corrected chi connectivity index (χ1v) is 7.94. The van der Waals surface area contributed by atoms with Crippen molar-refractivity contribution in [2.24, 2.45) is 0 Å². The van der Waals surface area contributed by atoms with Crippen LogP contribution in [0.15, 0.2) is 54.6 Å². The lowest BCUT2D eigenvalue weighted by atomic mass is 10.1. The summed E-state index contributed by atoms with van der Waals surface area (Å²) in [5.41, 5.74) is 1.34. The molecule has 3 rings (SSSR count). The number of hydrogen-bond donors (Lipinski definition) is 0. The molecule has 0 radical (unpaired) electrons. The van der Waals surface area contributed by atoms with Gasteiger partial charge in [-0.1, -0.05) is 30.3 Å². The summed E-state index contributed by atoms with van der Waals surface area (Å²) in [5.74, 6) is 0.437. The largest absolute Gasteiger partial charge is 0.495 e. The van der Waals surface area contributed by atoms with Gasteiger partial charge in [0.2, 0.25) is 5.91 Å². The minimum Gasteiger partial charge on any atom is -0.495 e. The highest BCUT2D eigenvalue weighted by atomic mass is 16.5. The van der Waals surface area contributed by atoms with Crippen LogP contribution in [-0.2, 0) is 4.79 Å². The van der Waals surface area contributed by atoms with Crippen molar-refractivity contribution in [3.8, 4) is 5.75 Å². The molecule has 1 fully saturated rings. The van der Waals surface area contributed by atoms with Crippen molar-refractivity contribution in [2.75, 3.05) is 25.1 Å². The van der Waals surface area contributed by atoms with E-state index >= 15 is 0 Å². The third-order valence-electron chi connectivity index (χ3n) is 4.31. The molecular weight excluding hydrogens is 304 g/mol. The molecule has 1 heterocycles. The van der Waals surface area contributed by atoms with E-state index in [9.17, 15) is 9.59 Å². The van der Waals surface area contributed by atoms with Crippen LogP contribution in [0.3, 0.4) is 0 Å². The lowest BCUT2D eigenvalue weighted by Crippen LogP contribution is -2.57. The van der Waals surface area contributed by atoms with Crippen LogP contribution in [0.5, 0.6) is 5.75 Å². The number of piperazine rings is 1. The number of hydrogen-bond acceptors (Lipinski definition) is 3. The van der Waals surface area contributed by atoms with Gasteiger partial charge in [-0.2, -0.15) is 0 Å². The monoisotopic (exact) mass is 324 g/mol. The average molecular weight is 324 g/mol. The number of benzene rings is 2. The number of anilines is 1. The van der Waals surface area contributed by atoms with Crippen molar-refractivity contribution in [1.82, 2.24) is 4.90 Å². The minimum absolute atomic E-state index is 0.102. The van der Waals surface area contributed by atoms with E-state index in [0.717, 1.165) is 5.69 Å². The summed E-state index contributed by atoms with van der Waals surface area (Å²) in [7, 11) is 1.59. The van der Waals surface area contributed by atoms with Crippen LogP contribution in [0, 0.1) is 0 Å². The van der Waals surface area contributed by atoms with Crippen molar-refractivity contribution >= 4 is 17.5 Å².